The number of rotatable bonds is 6. The summed E-state index contributed by atoms with van der Waals surface area (Å²) in [5, 5.41) is 4.53. The number of anilines is 1. The minimum absolute atomic E-state index is 0.708. The van der Waals surface area contributed by atoms with Gasteiger partial charge in [-0.15, -0.1) is 0 Å². The Balaban J connectivity index is 1.77. The number of nitrogens with one attached hydrogen (secondary N) is 1. The SMILES string of the molecule is COCCNCC1CCCN(c2nc(C)ns2)C1. The van der Waals surface area contributed by atoms with Gasteiger partial charge in [-0.25, -0.2) is 4.98 Å². The lowest BCUT2D eigenvalue weighted by Gasteiger charge is -2.32. The molecule has 0 spiro atoms. The molecule has 1 aromatic rings. The standard InChI is InChI=1S/C12H22N4OS/c1-10-14-12(18-15-10)16-6-3-4-11(9-16)8-13-5-7-17-2/h11,13H,3-9H2,1-2H3. The third-order valence-corrected chi connectivity index (χ3v) is 4.09. The number of aryl methyl sites for hydroxylation is 1. The maximum atomic E-state index is 5.03. The molecule has 102 valence electrons. The second-order valence-corrected chi connectivity index (χ2v) is 5.51. The molecule has 2 rings (SSSR count). The molecule has 1 unspecified atom stereocenters. The van der Waals surface area contributed by atoms with Crippen molar-refractivity contribution in [3.05, 3.63) is 5.82 Å². The number of piperidine rings is 1. The van der Waals surface area contributed by atoms with Gasteiger partial charge in [0.1, 0.15) is 5.82 Å². The van der Waals surface area contributed by atoms with E-state index in [0.29, 0.717) is 5.92 Å². The Hall–Kier alpha value is -0.720. The number of hydrogen-bond acceptors (Lipinski definition) is 6. The summed E-state index contributed by atoms with van der Waals surface area (Å²) < 4.78 is 9.30. The Kier molecular flexibility index (Phi) is 5.34. The van der Waals surface area contributed by atoms with Crippen LogP contribution in [-0.2, 0) is 4.74 Å². The van der Waals surface area contributed by atoms with Crippen LogP contribution in [0, 0.1) is 12.8 Å². The van der Waals surface area contributed by atoms with E-state index < -0.39 is 0 Å². The van der Waals surface area contributed by atoms with E-state index in [4.69, 9.17) is 4.74 Å². The average molecular weight is 270 g/mol. The average Bonchev–Trinajstić information content (AvgIpc) is 2.82. The topological polar surface area (TPSA) is 50.3 Å². The highest BCUT2D eigenvalue weighted by Gasteiger charge is 2.21. The largest absolute Gasteiger partial charge is 0.383 e. The molecule has 5 nitrogen and oxygen atoms in total. The predicted octanol–water partition coefficient (Wildman–Crippen LogP) is 1.30. The van der Waals surface area contributed by atoms with Crippen LogP contribution >= 0.6 is 11.5 Å². The van der Waals surface area contributed by atoms with Crippen molar-refractivity contribution < 1.29 is 4.74 Å². The van der Waals surface area contributed by atoms with E-state index in [-0.39, 0.29) is 0 Å². The van der Waals surface area contributed by atoms with Gasteiger partial charge in [-0.3, -0.25) is 0 Å². The van der Waals surface area contributed by atoms with Gasteiger partial charge in [-0.1, -0.05) is 0 Å². The van der Waals surface area contributed by atoms with Crippen LogP contribution in [0.15, 0.2) is 0 Å². The zero-order chi connectivity index (χ0) is 12.8. The van der Waals surface area contributed by atoms with Crippen LogP contribution in [0.25, 0.3) is 0 Å². The Bertz CT molecular complexity index is 358. The van der Waals surface area contributed by atoms with Crippen molar-refractivity contribution in [2.75, 3.05) is 44.8 Å². The number of hydrogen-bond donors (Lipinski definition) is 1. The first-order valence-electron chi connectivity index (χ1n) is 6.54. The van der Waals surface area contributed by atoms with Gasteiger partial charge >= 0.3 is 0 Å². The third kappa shape index (κ3) is 3.90. The first kappa shape index (κ1) is 13.7. The van der Waals surface area contributed by atoms with Crippen molar-refractivity contribution in [1.29, 1.82) is 0 Å². The van der Waals surface area contributed by atoms with Gasteiger partial charge in [0.2, 0.25) is 5.13 Å². The molecule has 2 heterocycles. The fraction of sp³-hybridized carbons (Fsp3) is 0.833. The van der Waals surface area contributed by atoms with Crippen LogP contribution < -0.4 is 10.2 Å². The zero-order valence-corrected chi connectivity index (χ0v) is 12.0. The molecule has 0 aliphatic carbocycles. The molecule has 1 N–H and O–H groups in total. The van der Waals surface area contributed by atoms with Gasteiger partial charge in [0.15, 0.2) is 0 Å². The molecule has 1 aliphatic rings. The second-order valence-electron chi connectivity index (χ2n) is 4.78. The summed E-state index contributed by atoms with van der Waals surface area (Å²) in [6.07, 6.45) is 2.55. The van der Waals surface area contributed by atoms with Crippen molar-refractivity contribution in [3.8, 4) is 0 Å². The van der Waals surface area contributed by atoms with Crippen LogP contribution in [0.2, 0.25) is 0 Å². The first-order valence-corrected chi connectivity index (χ1v) is 7.32. The molecule has 0 saturated carbocycles. The first-order chi connectivity index (χ1) is 8.79. The summed E-state index contributed by atoms with van der Waals surface area (Å²) >= 11 is 1.51. The van der Waals surface area contributed by atoms with Crippen molar-refractivity contribution in [2.45, 2.75) is 19.8 Å². The third-order valence-electron chi connectivity index (χ3n) is 3.22. The molecule has 1 aromatic heterocycles. The van der Waals surface area contributed by atoms with Crippen LogP contribution in [0.3, 0.4) is 0 Å². The van der Waals surface area contributed by atoms with Crippen molar-refractivity contribution in [1.82, 2.24) is 14.7 Å². The van der Waals surface area contributed by atoms with E-state index >= 15 is 0 Å². The molecule has 18 heavy (non-hydrogen) atoms. The molecule has 6 heteroatoms. The Morgan fingerprint density at radius 3 is 3.17 bits per heavy atom. The van der Waals surface area contributed by atoms with E-state index in [1.807, 2.05) is 6.92 Å². The Morgan fingerprint density at radius 1 is 1.56 bits per heavy atom. The van der Waals surface area contributed by atoms with E-state index in [1.165, 1.54) is 24.4 Å². The lowest BCUT2D eigenvalue weighted by molar-refractivity contribution is 0.197. The lowest BCUT2D eigenvalue weighted by Crippen LogP contribution is -2.40. The molecular formula is C12H22N4OS. The van der Waals surface area contributed by atoms with Crippen LogP contribution in [0.1, 0.15) is 18.7 Å². The molecule has 1 fully saturated rings. The predicted molar refractivity (Wildman–Crippen MR) is 74.3 cm³/mol. The quantitative estimate of drug-likeness (QED) is 0.790. The van der Waals surface area contributed by atoms with Gasteiger partial charge in [0.05, 0.1) is 6.61 Å². The summed E-state index contributed by atoms with van der Waals surface area (Å²) in [6, 6.07) is 0. The van der Waals surface area contributed by atoms with Crippen molar-refractivity contribution >= 4 is 16.7 Å². The minimum Gasteiger partial charge on any atom is -0.383 e. The van der Waals surface area contributed by atoms with Crippen molar-refractivity contribution in [2.24, 2.45) is 5.92 Å². The fourth-order valence-corrected chi connectivity index (χ4v) is 3.01. The number of ether oxygens (including phenoxy) is 1. The summed E-state index contributed by atoms with van der Waals surface area (Å²) in [4.78, 5) is 6.84. The highest BCUT2D eigenvalue weighted by atomic mass is 32.1. The van der Waals surface area contributed by atoms with E-state index in [0.717, 1.165) is 43.7 Å². The Labute approximate surface area is 113 Å². The minimum atomic E-state index is 0.708. The normalized spacial score (nSPS) is 20.3. The summed E-state index contributed by atoms with van der Waals surface area (Å²) in [5.41, 5.74) is 0. The van der Waals surface area contributed by atoms with E-state index in [9.17, 15) is 0 Å². The second kappa shape index (κ2) is 7.01. The van der Waals surface area contributed by atoms with Gasteiger partial charge in [0.25, 0.3) is 0 Å². The lowest BCUT2D eigenvalue weighted by atomic mass is 9.98. The highest BCUT2D eigenvalue weighted by Crippen LogP contribution is 2.24. The molecule has 1 saturated heterocycles. The fourth-order valence-electron chi connectivity index (χ4n) is 2.30. The van der Waals surface area contributed by atoms with Crippen LogP contribution in [0.5, 0.6) is 0 Å². The summed E-state index contributed by atoms with van der Waals surface area (Å²) in [5.74, 6) is 1.59. The van der Waals surface area contributed by atoms with Gasteiger partial charge in [-0.2, -0.15) is 4.37 Å². The van der Waals surface area contributed by atoms with Gasteiger partial charge in [-0.05, 0) is 32.2 Å². The summed E-state index contributed by atoms with van der Waals surface area (Å²) in [6.45, 7) is 6.94. The van der Waals surface area contributed by atoms with Crippen molar-refractivity contribution in [3.63, 3.8) is 0 Å². The monoisotopic (exact) mass is 270 g/mol. The maximum absolute atomic E-state index is 5.03. The molecule has 0 aromatic carbocycles. The molecule has 1 atom stereocenters. The van der Waals surface area contributed by atoms with Gasteiger partial charge in [0, 0.05) is 38.3 Å². The van der Waals surface area contributed by atoms with Crippen LogP contribution in [0.4, 0.5) is 5.13 Å². The molecular weight excluding hydrogens is 248 g/mol. The molecule has 0 bridgehead atoms. The Morgan fingerprint density at radius 2 is 2.44 bits per heavy atom. The van der Waals surface area contributed by atoms with Crippen LogP contribution in [-0.4, -0.2) is 49.3 Å². The molecule has 0 amide bonds. The van der Waals surface area contributed by atoms with E-state index in [1.54, 1.807) is 7.11 Å². The molecule has 0 radical (unpaired) electrons. The molecule has 1 aliphatic heterocycles. The van der Waals surface area contributed by atoms with Gasteiger partial charge < -0.3 is 15.0 Å². The number of nitrogens with zero attached hydrogens (tertiary/aromatic N) is 3. The number of methoxy groups -OCH3 is 1. The number of aromatic nitrogens is 2. The van der Waals surface area contributed by atoms with E-state index in [2.05, 4.69) is 19.6 Å². The highest BCUT2D eigenvalue weighted by molar-refractivity contribution is 7.09. The summed E-state index contributed by atoms with van der Waals surface area (Å²) in [7, 11) is 1.74. The maximum Gasteiger partial charge on any atom is 0.205 e. The zero-order valence-electron chi connectivity index (χ0n) is 11.2. The smallest absolute Gasteiger partial charge is 0.205 e.